The van der Waals surface area contributed by atoms with Crippen molar-refractivity contribution in [3.8, 4) is 0 Å². The van der Waals surface area contributed by atoms with Gasteiger partial charge in [0.15, 0.2) is 0 Å². The first-order valence-electron chi connectivity index (χ1n) is 7.60. The van der Waals surface area contributed by atoms with Gasteiger partial charge in [-0.1, -0.05) is 32.6 Å². The maximum Gasteiger partial charge on any atom is 0.326 e. The molecule has 0 saturated heterocycles. The minimum absolute atomic E-state index is 0.156. The van der Waals surface area contributed by atoms with Crippen molar-refractivity contribution >= 4 is 5.97 Å². The fraction of sp³-hybridized carbons (Fsp3) is 0.933. The van der Waals surface area contributed by atoms with Gasteiger partial charge in [0.05, 0.1) is 6.61 Å². The highest BCUT2D eigenvalue weighted by molar-refractivity contribution is 5.80. The van der Waals surface area contributed by atoms with Crippen LogP contribution in [0.5, 0.6) is 0 Å². The van der Waals surface area contributed by atoms with E-state index in [0.29, 0.717) is 6.61 Å². The van der Waals surface area contributed by atoms with Gasteiger partial charge < -0.3 is 10.5 Å². The number of carbonyl (C=O) groups excluding carboxylic acids is 1. The third-order valence-electron chi connectivity index (χ3n) is 4.97. The molecule has 3 heteroatoms. The molecule has 2 aliphatic rings. The standard InChI is InChI=1S/C15H27NO2/c1-2-12-6-9-15(16,10-7-12)14(17)18-11-8-13-4-3-5-13/h12-13H,2-11,16H2,1H3. The Morgan fingerprint density at radius 1 is 1.22 bits per heavy atom. The van der Waals surface area contributed by atoms with E-state index in [-0.39, 0.29) is 5.97 Å². The van der Waals surface area contributed by atoms with Crippen LogP contribution in [0, 0.1) is 11.8 Å². The summed E-state index contributed by atoms with van der Waals surface area (Å²) < 4.78 is 5.40. The lowest BCUT2D eigenvalue weighted by molar-refractivity contribution is -0.152. The van der Waals surface area contributed by atoms with Gasteiger partial charge in [-0.05, 0) is 43.9 Å². The van der Waals surface area contributed by atoms with Crippen molar-refractivity contribution in [2.75, 3.05) is 6.61 Å². The molecule has 104 valence electrons. The number of hydrogen-bond donors (Lipinski definition) is 1. The van der Waals surface area contributed by atoms with Crippen molar-refractivity contribution < 1.29 is 9.53 Å². The number of carbonyl (C=O) groups is 1. The van der Waals surface area contributed by atoms with Crippen molar-refractivity contribution in [3.63, 3.8) is 0 Å². The Labute approximate surface area is 110 Å². The monoisotopic (exact) mass is 253 g/mol. The molecule has 0 aromatic heterocycles. The molecule has 0 bridgehead atoms. The van der Waals surface area contributed by atoms with Crippen LogP contribution in [0.25, 0.3) is 0 Å². The fourth-order valence-corrected chi connectivity index (χ4v) is 3.05. The van der Waals surface area contributed by atoms with E-state index in [4.69, 9.17) is 10.5 Å². The molecular formula is C15H27NO2. The minimum Gasteiger partial charge on any atom is -0.464 e. The van der Waals surface area contributed by atoms with E-state index in [0.717, 1.165) is 43.9 Å². The van der Waals surface area contributed by atoms with E-state index >= 15 is 0 Å². The molecule has 2 rings (SSSR count). The van der Waals surface area contributed by atoms with Gasteiger partial charge in [-0.2, -0.15) is 0 Å². The van der Waals surface area contributed by atoms with Gasteiger partial charge in [-0.25, -0.2) is 0 Å². The number of hydrogen-bond acceptors (Lipinski definition) is 3. The molecule has 0 aliphatic heterocycles. The largest absolute Gasteiger partial charge is 0.464 e. The first kappa shape index (κ1) is 13.9. The molecule has 0 radical (unpaired) electrons. The smallest absolute Gasteiger partial charge is 0.326 e. The van der Waals surface area contributed by atoms with E-state index in [9.17, 15) is 4.79 Å². The molecule has 2 fully saturated rings. The van der Waals surface area contributed by atoms with Crippen molar-refractivity contribution in [1.82, 2.24) is 0 Å². The van der Waals surface area contributed by atoms with Crippen molar-refractivity contribution in [1.29, 1.82) is 0 Å². The van der Waals surface area contributed by atoms with Crippen molar-refractivity contribution in [2.24, 2.45) is 17.6 Å². The predicted octanol–water partition coefficient (Wildman–Crippen LogP) is 3.02. The first-order valence-corrected chi connectivity index (χ1v) is 7.60. The average molecular weight is 253 g/mol. The van der Waals surface area contributed by atoms with Crippen LogP contribution < -0.4 is 5.73 Å². The highest BCUT2D eigenvalue weighted by atomic mass is 16.5. The Balaban J connectivity index is 1.70. The summed E-state index contributed by atoms with van der Waals surface area (Å²) in [6.45, 7) is 2.78. The quantitative estimate of drug-likeness (QED) is 0.766. The van der Waals surface area contributed by atoms with Crippen LogP contribution in [0.15, 0.2) is 0 Å². The van der Waals surface area contributed by atoms with Gasteiger partial charge in [0.2, 0.25) is 0 Å². The summed E-state index contributed by atoms with van der Waals surface area (Å²) in [4.78, 5) is 12.1. The lowest BCUT2D eigenvalue weighted by Gasteiger charge is -2.35. The zero-order chi connectivity index (χ0) is 13.0. The van der Waals surface area contributed by atoms with Crippen molar-refractivity contribution in [2.45, 2.75) is 70.3 Å². The molecule has 0 spiro atoms. The Kier molecular flexibility index (Phi) is 4.66. The maximum absolute atomic E-state index is 12.1. The molecule has 2 saturated carbocycles. The summed E-state index contributed by atoms with van der Waals surface area (Å²) in [6, 6.07) is 0. The van der Waals surface area contributed by atoms with Crippen LogP contribution in [0.3, 0.4) is 0 Å². The molecule has 2 N–H and O–H groups in total. The van der Waals surface area contributed by atoms with E-state index in [1.54, 1.807) is 0 Å². The van der Waals surface area contributed by atoms with Gasteiger partial charge in [-0.3, -0.25) is 4.79 Å². The van der Waals surface area contributed by atoms with Crippen LogP contribution in [-0.2, 0) is 9.53 Å². The summed E-state index contributed by atoms with van der Waals surface area (Å²) in [7, 11) is 0. The number of nitrogens with two attached hydrogens (primary N) is 1. The zero-order valence-electron chi connectivity index (χ0n) is 11.6. The summed E-state index contributed by atoms with van der Waals surface area (Å²) in [5, 5.41) is 0. The third-order valence-corrected chi connectivity index (χ3v) is 4.97. The van der Waals surface area contributed by atoms with Gasteiger partial charge >= 0.3 is 5.97 Å². The van der Waals surface area contributed by atoms with Crippen molar-refractivity contribution in [3.05, 3.63) is 0 Å². The molecule has 18 heavy (non-hydrogen) atoms. The topological polar surface area (TPSA) is 52.3 Å². The second-order valence-corrected chi connectivity index (χ2v) is 6.23. The molecule has 0 atom stereocenters. The SMILES string of the molecule is CCC1CCC(N)(C(=O)OCCC2CCC2)CC1. The van der Waals surface area contributed by atoms with Crippen LogP contribution >= 0.6 is 0 Å². The second-order valence-electron chi connectivity index (χ2n) is 6.23. The normalized spacial score (nSPS) is 32.9. The molecule has 0 amide bonds. The zero-order valence-corrected chi connectivity index (χ0v) is 11.6. The summed E-state index contributed by atoms with van der Waals surface area (Å²) >= 11 is 0. The van der Waals surface area contributed by atoms with Crippen LogP contribution in [-0.4, -0.2) is 18.1 Å². The Hall–Kier alpha value is -0.570. The van der Waals surface area contributed by atoms with Crippen LogP contribution in [0.4, 0.5) is 0 Å². The lowest BCUT2D eigenvalue weighted by atomic mass is 9.76. The summed E-state index contributed by atoms with van der Waals surface area (Å²) in [5.74, 6) is 1.39. The highest BCUT2D eigenvalue weighted by Gasteiger charge is 2.39. The molecule has 0 aromatic rings. The van der Waals surface area contributed by atoms with E-state index < -0.39 is 5.54 Å². The summed E-state index contributed by atoms with van der Waals surface area (Å²) in [5.41, 5.74) is 5.52. The predicted molar refractivity (Wildman–Crippen MR) is 72.1 cm³/mol. The van der Waals surface area contributed by atoms with Crippen LogP contribution in [0.2, 0.25) is 0 Å². The van der Waals surface area contributed by atoms with Gasteiger partial charge in [-0.15, -0.1) is 0 Å². The lowest BCUT2D eigenvalue weighted by Crippen LogP contribution is -2.51. The Morgan fingerprint density at radius 2 is 1.89 bits per heavy atom. The van der Waals surface area contributed by atoms with E-state index in [2.05, 4.69) is 6.92 Å². The van der Waals surface area contributed by atoms with Gasteiger partial charge in [0.25, 0.3) is 0 Å². The second kappa shape index (κ2) is 6.05. The fourth-order valence-electron chi connectivity index (χ4n) is 3.05. The average Bonchev–Trinajstić information content (AvgIpc) is 2.33. The van der Waals surface area contributed by atoms with E-state index in [1.807, 2.05) is 0 Å². The van der Waals surface area contributed by atoms with E-state index in [1.165, 1.54) is 25.7 Å². The Bertz CT molecular complexity index is 278. The minimum atomic E-state index is -0.689. The Morgan fingerprint density at radius 3 is 2.39 bits per heavy atom. The molecule has 0 unspecified atom stereocenters. The summed E-state index contributed by atoms with van der Waals surface area (Å²) in [6.07, 6.45) is 9.94. The number of ether oxygens (including phenoxy) is 1. The van der Waals surface area contributed by atoms with Crippen LogP contribution in [0.1, 0.15) is 64.7 Å². The maximum atomic E-state index is 12.1. The number of rotatable bonds is 5. The molecular weight excluding hydrogens is 226 g/mol. The third kappa shape index (κ3) is 3.25. The van der Waals surface area contributed by atoms with Gasteiger partial charge in [0, 0.05) is 0 Å². The highest BCUT2D eigenvalue weighted by Crippen LogP contribution is 2.33. The number of esters is 1. The molecule has 2 aliphatic carbocycles. The molecule has 0 heterocycles. The first-order chi connectivity index (χ1) is 8.64. The van der Waals surface area contributed by atoms with Gasteiger partial charge in [0.1, 0.15) is 5.54 Å². The molecule has 0 aromatic carbocycles. The molecule has 3 nitrogen and oxygen atoms in total.